The van der Waals surface area contributed by atoms with E-state index in [-0.39, 0.29) is 5.91 Å². The monoisotopic (exact) mass is 388 g/mol. The fourth-order valence-electron chi connectivity index (χ4n) is 1.80. The largest absolute Gasteiger partial charge is 0.493 e. The summed E-state index contributed by atoms with van der Waals surface area (Å²) in [5.74, 6) is 0.111. The Labute approximate surface area is 140 Å². The number of ether oxygens (including phenoxy) is 1. The van der Waals surface area contributed by atoms with Crippen LogP contribution in [0.4, 0.5) is 11.4 Å². The molecule has 1 amide bonds. The van der Waals surface area contributed by atoms with Gasteiger partial charge in [0, 0.05) is 21.3 Å². The molecule has 2 rings (SSSR count). The lowest BCUT2D eigenvalue weighted by Gasteiger charge is -2.13. The van der Waals surface area contributed by atoms with Crippen molar-refractivity contribution in [1.29, 1.82) is 0 Å². The van der Waals surface area contributed by atoms with Crippen LogP contribution < -0.4 is 15.8 Å². The quantitative estimate of drug-likeness (QED) is 0.754. The Hall–Kier alpha value is -1.43. The Morgan fingerprint density at radius 3 is 2.48 bits per heavy atom. The average molecular weight is 390 g/mol. The molecule has 0 saturated carbocycles. The number of hydrogen-bond donors (Lipinski definition) is 2. The number of benzene rings is 2. The first-order valence-electron chi connectivity index (χ1n) is 5.81. The third-order valence-electron chi connectivity index (χ3n) is 2.64. The van der Waals surface area contributed by atoms with Crippen LogP contribution in [0.2, 0.25) is 10.0 Å². The van der Waals surface area contributed by atoms with Gasteiger partial charge in [0.25, 0.3) is 5.91 Å². The molecule has 21 heavy (non-hydrogen) atoms. The highest BCUT2D eigenvalue weighted by atomic mass is 79.9. The van der Waals surface area contributed by atoms with Crippen molar-refractivity contribution in [1.82, 2.24) is 0 Å². The van der Waals surface area contributed by atoms with Gasteiger partial charge in [-0.05, 0) is 46.3 Å². The minimum atomic E-state index is -0.364. The summed E-state index contributed by atoms with van der Waals surface area (Å²) in [4.78, 5) is 12.3. The zero-order valence-electron chi connectivity index (χ0n) is 10.9. The summed E-state index contributed by atoms with van der Waals surface area (Å²) in [6.07, 6.45) is 0. The van der Waals surface area contributed by atoms with Gasteiger partial charge in [-0.3, -0.25) is 4.79 Å². The van der Waals surface area contributed by atoms with Crippen LogP contribution in [0.1, 0.15) is 10.4 Å². The number of hydrogen-bond acceptors (Lipinski definition) is 3. The minimum absolute atomic E-state index is 0.346. The van der Waals surface area contributed by atoms with E-state index in [4.69, 9.17) is 33.7 Å². The molecular weight excluding hydrogens is 379 g/mol. The Bertz CT molecular complexity index is 687. The van der Waals surface area contributed by atoms with E-state index in [1.54, 1.807) is 18.2 Å². The number of nitrogen functional groups attached to an aromatic ring is 1. The number of halogens is 3. The SMILES string of the molecule is COc1c(Br)cc(Cl)cc1NC(=O)c1cc(N)cc(Cl)c1. The second-order valence-electron chi connectivity index (χ2n) is 4.20. The molecule has 0 spiro atoms. The van der Waals surface area contributed by atoms with Gasteiger partial charge in [0.2, 0.25) is 0 Å². The molecule has 2 aromatic carbocycles. The van der Waals surface area contributed by atoms with Crippen molar-refractivity contribution >= 4 is 56.4 Å². The van der Waals surface area contributed by atoms with E-state index >= 15 is 0 Å². The highest BCUT2D eigenvalue weighted by Crippen LogP contribution is 2.36. The smallest absolute Gasteiger partial charge is 0.255 e. The lowest BCUT2D eigenvalue weighted by Crippen LogP contribution is -2.13. The average Bonchev–Trinajstić information content (AvgIpc) is 2.37. The number of nitrogens with one attached hydrogen (secondary N) is 1. The predicted molar refractivity (Wildman–Crippen MR) is 89.5 cm³/mol. The van der Waals surface area contributed by atoms with Crippen molar-refractivity contribution in [2.45, 2.75) is 0 Å². The third kappa shape index (κ3) is 3.81. The molecule has 0 aliphatic carbocycles. The maximum Gasteiger partial charge on any atom is 0.255 e. The number of anilines is 2. The van der Waals surface area contributed by atoms with Crippen molar-refractivity contribution in [3.05, 3.63) is 50.4 Å². The molecular formula is C14H11BrCl2N2O2. The summed E-state index contributed by atoms with van der Waals surface area (Å²) in [5.41, 5.74) is 6.88. The van der Waals surface area contributed by atoms with E-state index in [1.807, 2.05) is 0 Å². The van der Waals surface area contributed by atoms with Gasteiger partial charge in [-0.2, -0.15) is 0 Å². The Morgan fingerprint density at radius 2 is 1.86 bits per heavy atom. The minimum Gasteiger partial charge on any atom is -0.493 e. The summed E-state index contributed by atoms with van der Waals surface area (Å²) in [5, 5.41) is 3.57. The summed E-state index contributed by atoms with van der Waals surface area (Å²) in [6.45, 7) is 0. The summed E-state index contributed by atoms with van der Waals surface area (Å²) in [6, 6.07) is 7.89. The van der Waals surface area contributed by atoms with Crippen LogP contribution in [-0.2, 0) is 0 Å². The van der Waals surface area contributed by atoms with Crippen LogP contribution in [0.3, 0.4) is 0 Å². The molecule has 0 fully saturated rings. The maximum atomic E-state index is 12.3. The normalized spacial score (nSPS) is 10.3. The molecule has 7 heteroatoms. The topological polar surface area (TPSA) is 64.3 Å². The molecule has 0 aromatic heterocycles. The van der Waals surface area contributed by atoms with Crippen molar-refractivity contribution in [2.75, 3.05) is 18.2 Å². The number of carbonyl (C=O) groups excluding carboxylic acids is 1. The van der Waals surface area contributed by atoms with Gasteiger partial charge in [0.05, 0.1) is 17.3 Å². The van der Waals surface area contributed by atoms with Crippen molar-refractivity contribution in [3.8, 4) is 5.75 Å². The zero-order valence-corrected chi connectivity index (χ0v) is 14.0. The van der Waals surface area contributed by atoms with Crippen LogP contribution in [0.15, 0.2) is 34.8 Å². The first kappa shape index (κ1) is 15.9. The molecule has 3 N–H and O–H groups in total. The molecule has 110 valence electrons. The van der Waals surface area contributed by atoms with Gasteiger partial charge in [-0.15, -0.1) is 0 Å². The van der Waals surface area contributed by atoms with Crippen molar-refractivity contribution < 1.29 is 9.53 Å². The second-order valence-corrected chi connectivity index (χ2v) is 5.92. The van der Waals surface area contributed by atoms with Crippen LogP contribution in [-0.4, -0.2) is 13.0 Å². The van der Waals surface area contributed by atoms with Gasteiger partial charge in [0.15, 0.2) is 5.75 Å². The molecule has 0 unspecified atom stereocenters. The van der Waals surface area contributed by atoms with Gasteiger partial charge >= 0.3 is 0 Å². The van der Waals surface area contributed by atoms with E-state index in [9.17, 15) is 4.79 Å². The number of rotatable bonds is 3. The highest BCUT2D eigenvalue weighted by Gasteiger charge is 2.14. The molecule has 4 nitrogen and oxygen atoms in total. The number of amides is 1. The van der Waals surface area contributed by atoms with Gasteiger partial charge < -0.3 is 15.8 Å². The predicted octanol–water partition coefficient (Wildman–Crippen LogP) is 4.60. The number of nitrogens with two attached hydrogens (primary N) is 1. The fraction of sp³-hybridized carbons (Fsp3) is 0.0714. The molecule has 0 bridgehead atoms. The standard InChI is InChI=1S/C14H11BrCl2N2O2/c1-21-13-11(15)5-9(17)6-12(13)19-14(20)7-2-8(16)4-10(18)3-7/h2-6H,18H2,1H3,(H,19,20). The van der Waals surface area contributed by atoms with E-state index in [0.717, 1.165) is 0 Å². The summed E-state index contributed by atoms with van der Waals surface area (Å²) in [7, 11) is 1.50. The molecule has 0 radical (unpaired) electrons. The van der Waals surface area contributed by atoms with E-state index < -0.39 is 0 Å². The van der Waals surface area contributed by atoms with E-state index in [0.29, 0.717) is 37.2 Å². The Morgan fingerprint density at radius 1 is 1.19 bits per heavy atom. The summed E-state index contributed by atoms with van der Waals surface area (Å²) >= 11 is 15.2. The van der Waals surface area contributed by atoms with Crippen LogP contribution >= 0.6 is 39.1 Å². The van der Waals surface area contributed by atoms with Gasteiger partial charge in [0.1, 0.15) is 0 Å². The molecule has 0 saturated heterocycles. The number of methoxy groups -OCH3 is 1. The van der Waals surface area contributed by atoms with E-state index in [1.165, 1.54) is 19.2 Å². The molecule has 2 aromatic rings. The van der Waals surface area contributed by atoms with Gasteiger partial charge in [-0.1, -0.05) is 23.2 Å². The van der Waals surface area contributed by atoms with Gasteiger partial charge in [-0.25, -0.2) is 0 Å². The molecule has 0 atom stereocenters. The van der Waals surface area contributed by atoms with Crippen LogP contribution in [0, 0.1) is 0 Å². The number of carbonyl (C=O) groups is 1. The Balaban J connectivity index is 2.35. The molecule has 0 aliphatic rings. The molecule has 0 heterocycles. The lowest BCUT2D eigenvalue weighted by atomic mass is 10.2. The van der Waals surface area contributed by atoms with Crippen LogP contribution in [0.25, 0.3) is 0 Å². The first-order valence-corrected chi connectivity index (χ1v) is 7.36. The fourth-order valence-corrected chi connectivity index (χ4v) is 3.01. The maximum absolute atomic E-state index is 12.3. The van der Waals surface area contributed by atoms with Crippen molar-refractivity contribution in [3.63, 3.8) is 0 Å². The van der Waals surface area contributed by atoms with Crippen molar-refractivity contribution in [2.24, 2.45) is 0 Å². The third-order valence-corrected chi connectivity index (χ3v) is 3.67. The summed E-state index contributed by atoms with van der Waals surface area (Å²) < 4.78 is 5.88. The molecule has 0 aliphatic heterocycles. The second kappa shape index (κ2) is 6.56. The lowest BCUT2D eigenvalue weighted by molar-refractivity contribution is 0.102. The first-order chi connectivity index (χ1) is 9.90. The van der Waals surface area contributed by atoms with Crippen LogP contribution in [0.5, 0.6) is 5.75 Å². The highest BCUT2D eigenvalue weighted by molar-refractivity contribution is 9.10. The zero-order chi connectivity index (χ0) is 15.6. The Kier molecular flexibility index (Phi) is 4.98. The van der Waals surface area contributed by atoms with E-state index in [2.05, 4.69) is 21.2 Å².